The summed E-state index contributed by atoms with van der Waals surface area (Å²) in [5.74, 6) is 0. The fourth-order valence-corrected chi connectivity index (χ4v) is 3.49. The number of hydrogen-bond acceptors (Lipinski definition) is 4. The first-order chi connectivity index (χ1) is 13.5. The number of allylic oxidation sites excluding steroid dienone is 4. The van der Waals surface area contributed by atoms with Crippen LogP contribution in [0.5, 0.6) is 0 Å². The molecule has 0 saturated carbocycles. The molecule has 2 aromatic rings. The van der Waals surface area contributed by atoms with Gasteiger partial charge in [0.25, 0.3) is 0 Å². The summed E-state index contributed by atoms with van der Waals surface area (Å²) < 4.78 is 0. The monoisotopic (exact) mass is 370 g/mol. The van der Waals surface area contributed by atoms with Crippen molar-refractivity contribution in [2.75, 3.05) is 10.6 Å². The number of anilines is 2. The first kappa shape index (κ1) is 18.3. The summed E-state index contributed by atoms with van der Waals surface area (Å²) in [6.07, 6.45) is 17.7. The van der Waals surface area contributed by atoms with Gasteiger partial charge in [0.1, 0.15) is 11.3 Å². The Bertz CT molecular complexity index is 858. The molecule has 6 N–H and O–H groups in total. The van der Waals surface area contributed by atoms with Crippen LogP contribution in [0, 0.1) is 0 Å². The molecular formula is C24H26N4. The molecule has 0 fully saturated rings. The molecule has 0 amide bonds. The van der Waals surface area contributed by atoms with E-state index in [9.17, 15) is 0 Å². The molecule has 4 nitrogen and oxygen atoms in total. The fraction of sp³-hybridized carbons (Fsp3) is 0.167. The van der Waals surface area contributed by atoms with E-state index in [-0.39, 0.29) is 0 Å². The highest BCUT2D eigenvalue weighted by Crippen LogP contribution is 2.26. The number of hydrogen-bond donors (Lipinski definition) is 4. The van der Waals surface area contributed by atoms with Crippen LogP contribution in [0.3, 0.4) is 0 Å². The van der Waals surface area contributed by atoms with Crippen LogP contribution in [-0.4, -0.2) is 11.3 Å². The van der Waals surface area contributed by atoms with Crippen LogP contribution < -0.4 is 22.1 Å². The standard InChI is InChI=1S/C24H26N4/c25-23(15-3-1-4-16-23)27-21-11-7-19(8-12-21)20-9-13-22(14-10-20)28-24(26)17-5-2-6-18-24/h1-15,17,27-28H,16,18,25-26H2. The smallest absolute Gasteiger partial charge is 0.109 e. The molecule has 2 aliphatic carbocycles. The van der Waals surface area contributed by atoms with E-state index in [1.807, 2.05) is 36.5 Å². The van der Waals surface area contributed by atoms with E-state index in [1.165, 1.54) is 0 Å². The van der Waals surface area contributed by atoms with Gasteiger partial charge in [-0.2, -0.15) is 0 Å². The highest BCUT2D eigenvalue weighted by Gasteiger charge is 2.21. The number of benzene rings is 2. The molecular weight excluding hydrogens is 344 g/mol. The zero-order valence-electron chi connectivity index (χ0n) is 15.8. The van der Waals surface area contributed by atoms with E-state index in [4.69, 9.17) is 11.5 Å². The topological polar surface area (TPSA) is 76.1 Å². The van der Waals surface area contributed by atoms with Gasteiger partial charge in [-0.15, -0.1) is 0 Å². The van der Waals surface area contributed by atoms with Crippen molar-refractivity contribution in [3.63, 3.8) is 0 Å². The quantitative estimate of drug-likeness (QED) is 0.584. The minimum absolute atomic E-state index is 0.523. The van der Waals surface area contributed by atoms with E-state index in [2.05, 4.69) is 71.3 Å². The van der Waals surface area contributed by atoms with Crippen molar-refractivity contribution < 1.29 is 0 Å². The van der Waals surface area contributed by atoms with Crippen molar-refractivity contribution in [3.05, 3.63) is 97.1 Å². The third-order valence-corrected chi connectivity index (χ3v) is 5.05. The molecule has 4 rings (SSSR count). The van der Waals surface area contributed by atoms with Crippen LogP contribution in [0.4, 0.5) is 11.4 Å². The predicted octanol–water partition coefficient (Wildman–Crippen LogP) is 4.52. The number of rotatable bonds is 5. The first-order valence-corrected chi connectivity index (χ1v) is 9.57. The second kappa shape index (κ2) is 7.50. The van der Waals surface area contributed by atoms with Gasteiger partial charge in [0.2, 0.25) is 0 Å². The van der Waals surface area contributed by atoms with Gasteiger partial charge in [0.05, 0.1) is 0 Å². The molecule has 2 aromatic carbocycles. The van der Waals surface area contributed by atoms with Crippen LogP contribution in [0.25, 0.3) is 11.1 Å². The molecule has 2 atom stereocenters. The fourth-order valence-electron chi connectivity index (χ4n) is 3.49. The molecule has 0 saturated heterocycles. The van der Waals surface area contributed by atoms with Crippen LogP contribution >= 0.6 is 0 Å². The number of nitrogens with two attached hydrogens (primary N) is 2. The maximum Gasteiger partial charge on any atom is 0.109 e. The van der Waals surface area contributed by atoms with Gasteiger partial charge in [0.15, 0.2) is 0 Å². The van der Waals surface area contributed by atoms with Crippen LogP contribution in [0.1, 0.15) is 12.8 Å². The molecule has 0 radical (unpaired) electrons. The third-order valence-electron chi connectivity index (χ3n) is 5.05. The lowest BCUT2D eigenvalue weighted by Gasteiger charge is -2.29. The lowest BCUT2D eigenvalue weighted by Crippen LogP contribution is -2.46. The maximum atomic E-state index is 6.37. The molecule has 28 heavy (non-hydrogen) atoms. The summed E-state index contributed by atoms with van der Waals surface area (Å²) >= 11 is 0. The lowest BCUT2D eigenvalue weighted by atomic mass is 10.00. The summed E-state index contributed by atoms with van der Waals surface area (Å²) in [6, 6.07) is 16.7. The Morgan fingerprint density at radius 1 is 0.571 bits per heavy atom. The van der Waals surface area contributed by atoms with E-state index in [0.29, 0.717) is 0 Å². The number of nitrogens with one attached hydrogen (secondary N) is 2. The molecule has 4 heteroatoms. The Morgan fingerprint density at radius 3 is 1.29 bits per heavy atom. The normalized spacial score (nSPS) is 25.6. The van der Waals surface area contributed by atoms with E-state index < -0.39 is 11.3 Å². The molecule has 2 aliphatic rings. The molecule has 0 heterocycles. The Labute approximate surface area is 166 Å². The van der Waals surface area contributed by atoms with Crippen molar-refractivity contribution in [2.24, 2.45) is 11.5 Å². The summed E-state index contributed by atoms with van der Waals surface area (Å²) in [5.41, 5.74) is 16.0. The van der Waals surface area contributed by atoms with Crippen molar-refractivity contribution in [1.29, 1.82) is 0 Å². The minimum Gasteiger partial charge on any atom is -0.364 e. The second-order valence-electron chi connectivity index (χ2n) is 7.47. The van der Waals surface area contributed by atoms with Gasteiger partial charge < -0.3 is 22.1 Å². The lowest BCUT2D eigenvalue weighted by molar-refractivity contribution is 0.606. The van der Waals surface area contributed by atoms with Crippen molar-refractivity contribution >= 4 is 11.4 Å². The SMILES string of the molecule is NC1(Nc2ccc(-c3ccc(NC4(N)C=CC=CC4)cc3)cc2)C=CC=CC1. The summed E-state index contributed by atoms with van der Waals surface area (Å²) in [4.78, 5) is 0. The Kier molecular flexibility index (Phi) is 4.90. The Balaban J connectivity index is 1.43. The average Bonchev–Trinajstić information content (AvgIpc) is 2.70. The second-order valence-corrected chi connectivity index (χ2v) is 7.47. The summed E-state index contributed by atoms with van der Waals surface area (Å²) in [7, 11) is 0. The summed E-state index contributed by atoms with van der Waals surface area (Å²) in [5, 5.41) is 6.80. The van der Waals surface area contributed by atoms with Crippen molar-refractivity contribution in [2.45, 2.75) is 24.2 Å². The molecule has 0 aromatic heterocycles. The average molecular weight is 371 g/mol. The van der Waals surface area contributed by atoms with Gasteiger partial charge in [-0.25, -0.2) is 0 Å². The van der Waals surface area contributed by atoms with Crippen LogP contribution in [-0.2, 0) is 0 Å². The highest BCUT2D eigenvalue weighted by atomic mass is 15.1. The van der Waals surface area contributed by atoms with E-state index in [0.717, 1.165) is 35.3 Å². The van der Waals surface area contributed by atoms with Crippen molar-refractivity contribution in [1.82, 2.24) is 0 Å². The van der Waals surface area contributed by atoms with Gasteiger partial charge in [-0.05, 0) is 47.5 Å². The van der Waals surface area contributed by atoms with E-state index >= 15 is 0 Å². The van der Waals surface area contributed by atoms with Gasteiger partial charge in [-0.3, -0.25) is 0 Å². The Hall–Kier alpha value is -3.08. The van der Waals surface area contributed by atoms with Crippen LogP contribution in [0.2, 0.25) is 0 Å². The van der Waals surface area contributed by atoms with Crippen LogP contribution in [0.15, 0.2) is 97.1 Å². The van der Waals surface area contributed by atoms with E-state index in [1.54, 1.807) is 0 Å². The highest BCUT2D eigenvalue weighted by molar-refractivity contribution is 5.68. The van der Waals surface area contributed by atoms with Crippen molar-refractivity contribution in [3.8, 4) is 11.1 Å². The largest absolute Gasteiger partial charge is 0.364 e. The zero-order chi connectivity index (χ0) is 19.5. The summed E-state index contributed by atoms with van der Waals surface area (Å²) in [6.45, 7) is 0. The maximum absolute atomic E-state index is 6.37. The third kappa shape index (κ3) is 4.25. The predicted molar refractivity (Wildman–Crippen MR) is 119 cm³/mol. The zero-order valence-corrected chi connectivity index (χ0v) is 15.8. The Morgan fingerprint density at radius 2 is 0.964 bits per heavy atom. The molecule has 142 valence electrons. The van der Waals surface area contributed by atoms with Gasteiger partial charge in [0, 0.05) is 24.2 Å². The molecule has 0 spiro atoms. The van der Waals surface area contributed by atoms with Gasteiger partial charge >= 0.3 is 0 Å². The first-order valence-electron chi connectivity index (χ1n) is 9.57. The molecule has 2 unspecified atom stereocenters. The molecule has 0 aliphatic heterocycles. The van der Waals surface area contributed by atoms with Gasteiger partial charge in [-0.1, -0.05) is 60.7 Å². The minimum atomic E-state index is -0.523. The molecule has 0 bridgehead atoms.